The van der Waals surface area contributed by atoms with Crippen molar-refractivity contribution < 1.29 is 4.79 Å². The Morgan fingerprint density at radius 3 is 2.38 bits per heavy atom. The number of benzene rings is 1. The van der Waals surface area contributed by atoms with E-state index in [2.05, 4.69) is 48.3 Å². The number of amides is 1. The SMILES string of the molecule is CC(=O)N1[C@@H]2CC[C@H]1C[C@H](Nc1ccccc1C(C)C)C2. The molecule has 0 aliphatic carbocycles. The molecule has 3 atom stereocenters. The average Bonchev–Trinajstić information content (AvgIpc) is 2.71. The highest BCUT2D eigenvalue weighted by atomic mass is 16.2. The number of piperidine rings is 1. The molecule has 2 fully saturated rings. The molecule has 0 aromatic heterocycles. The number of carbonyl (C=O) groups is 1. The van der Waals surface area contributed by atoms with Crippen molar-refractivity contribution in [2.45, 2.75) is 70.5 Å². The van der Waals surface area contributed by atoms with Crippen LogP contribution in [0.1, 0.15) is 57.9 Å². The average molecular weight is 286 g/mol. The number of para-hydroxylation sites is 1. The summed E-state index contributed by atoms with van der Waals surface area (Å²) in [7, 11) is 0. The first kappa shape index (κ1) is 14.4. The van der Waals surface area contributed by atoms with E-state index in [1.165, 1.54) is 24.1 Å². The van der Waals surface area contributed by atoms with Gasteiger partial charge in [-0.15, -0.1) is 0 Å². The predicted octanol–water partition coefficient (Wildman–Crippen LogP) is 3.76. The highest BCUT2D eigenvalue weighted by Crippen LogP contribution is 2.37. The Labute approximate surface area is 127 Å². The van der Waals surface area contributed by atoms with E-state index in [0.29, 0.717) is 24.0 Å². The first-order chi connectivity index (χ1) is 10.1. The zero-order valence-corrected chi connectivity index (χ0v) is 13.3. The van der Waals surface area contributed by atoms with Crippen LogP contribution in [-0.4, -0.2) is 28.9 Å². The van der Waals surface area contributed by atoms with Gasteiger partial charge in [0.05, 0.1) is 0 Å². The fraction of sp³-hybridized carbons (Fsp3) is 0.611. The van der Waals surface area contributed by atoms with Crippen molar-refractivity contribution in [3.05, 3.63) is 29.8 Å². The molecule has 0 radical (unpaired) electrons. The van der Waals surface area contributed by atoms with Crippen LogP contribution in [0.15, 0.2) is 24.3 Å². The van der Waals surface area contributed by atoms with E-state index >= 15 is 0 Å². The molecule has 2 aliphatic rings. The monoisotopic (exact) mass is 286 g/mol. The number of nitrogens with zero attached hydrogens (tertiary/aromatic N) is 1. The second-order valence-electron chi connectivity index (χ2n) is 6.87. The van der Waals surface area contributed by atoms with Crippen LogP contribution in [0.5, 0.6) is 0 Å². The first-order valence-corrected chi connectivity index (χ1v) is 8.20. The van der Waals surface area contributed by atoms with Crippen molar-refractivity contribution in [2.75, 3.05) is 5.32 Å². The van der Waals surface area contributed by atoms with E-state index < -0.39 is 0 Å². The Morgan fingerprint density at radius 1 is 1.19 bits per heavy atom. The second kappa shape index (κ2) is 5.70. The van der Waals surface area contributed by atoms with Crippen molar-refractivity contribution in [2.24, 2.45) is 0 Å². The Hall–Kier alpha value is -1.51. The van der Waals surface area contributed by atoms with Crippen molar-refractivity contribution in [1.82, 2.24) is 4.90 Å². The number of carbonyl (C=O) groups excluding carboxylic acids is 1. The molecule has 3 rings (SSSR count). The van der Waals surface area contributed by atoms with Crippen LogP contribution < -0.4 is 5.32 Å². The molecule has 1 amide bonds. The molecule has 2 bridgehead atoms. The summed E-state index contributed by atoms with van der Waals surface area (Å²) in [5.41, 5.74) is 2.66. The molecule has 114 valence electrons. The maximum absolute atomic E-state index is 11.8. The summed E-state index contributed by atoms with van der Waals surface area (Å²) in [6.07, 6.45) is 4.52. The standard InChI is InChI=1S/C18H26N2O/c1-12(2)17-6-4-5-7-18(17)19-14-10-15-8-9-16(11-14)20(15)13(3)21/h4-7,12,14-16,19H,8-11H2,1-3H3/t14-,15-,16+. The lowest BCUT2D eigenvalue weighted by Crippen LogP contribution is -2.48. The molecule has 0 saturated carbocycles. The van der Waals surface area contributed by atoms with Crippen molar-refractivity contribution >= 4 is 11.6 Å². The maximum Gasteiger partial charge on any atom is 0.219 e. The highest BCUT2D eigenvalue weighted by molar-refractivity contribution is 5.74. The third kappa shape index (κ3) is 2.78. The number of nitrogens with one attached hydrogen (secondary N) is 1. The molecule has 0 unspecified atom stereocenters. The van der Waals surface area contributed by atoms with E-state index in [1.54, 1.807) is 6.92 Å². The first-order valence-electron chi connectivity index (χ1n) is 8.20. The zero-order valence-electron chi connectivity index (χ0n) is 13.3. The predicted molar refractivity (Wildman–Crippen MR) is 86.5 cm³/mol. The molecule has 1 aromatic rings. The van der Waals surface area contributed by atoms with Gasteiger partial charge in [-0.3, -0.25) is 4.79 Å². The summed E-state index contributed by atoms with van der Waals surface area (Å²) in [5.74, 6) is 0.784. The third-order valence-electron chi connectivity index (χ3n) is 5.04. The van der Waals surface area contributed by atoms with Gasteiger partial charge in [-0.25, -0.2) is 0 Å². The summed E-state index contributed by atoms with van der Waals surface area (Å²) >= 11 is 0. The normalized spacial score (nSPS) is 28.0. The van der Waals surface area contributed by atoms with Crippen molar-refractivity contribution in [1.29, 1.82) is 0 Å². The topological polar surface area (TPSA) is 32.3 Å². The number of rotatable bonds is 3. The van der Waals surface area contributed by atoms with E-state index in [0.717, 1.165) is 12.8 Å². The van der Waals surface area contributed by atoms with E-state index in [4.69, 9.17) is 0 Å². The van der Waals surface area contributed by atoms with Gasteiger partial charge >= 0.3 is 0 Å². The molecule has 3 nitrogen and oxygen atoms in total. The highest BCUT2D eigenvalue weighted by Gasteiger charge is 2.41. The van der Waals surface area contributed by atoms with Crippen LogP contribution in [0.2, 0.25) is 0 Å². The van der Waals surface area contributed by atoms with Gasteiger partial charge in [-0.2, -0.15) is 0 Å². The molecule has 2 aliphatic heterocycles. The minimum atomic E-state index is 0.253. The molecular weight excluding hydrogens is 260 g/mol. The Kier molecular flexibility index (Phi) is 3.92. The molecule has 1 N–H and O–H groups in total. The van der Waals surface area contributed by atoms with Gasteiger partial charge in [0, 0.05) is 30.7 Å². The fourth-order valence-electron chi connectivity index (χ4n) is 4.16. The minimum Gasteiger partial charge on any atom is -0.382 e. The van der Waals surface area contributed by atoms with Gasteiger partial charge in [-0.05, 0) is 43.2 Å². The number of hydrogen-bond acceptors (Lipinski definition) is 2. The number of hydrogen-bond donors (Lipinski definition) is 1. The molecule has 2 saturated heterocycles. The lowest BCUT2D eigenvalue weighted by molar-refractivity contribution is -0.133. The van der Waals surface area contributed by atoms with Gasteiger partial charge in [-0.1, -0.05) is 32.0 Å². The maximum atomic E-state index is 11.8. The third-order valence-corrected chi connectivity index (χ3v) is 5.04. The van der Waals surface area contributed by atoms with Gasteiger partial charge in [0.2, 0.25) is 5.91 Å². The molecule has 2 heterocycles. The summed E-state index contributed by atoms with van der Waals surface area (Å²) in [5, 5.41) is 3.75. The van der Waals surface area contributed by atoms with E-state index in [1.807, 2.05) is 0 Å². The number of anilines is 1. The lowest BCUT2D eigenvalue weighted by atomic mass is 9.95. The Bertz CT molecular complexity index is 512. The smallest absolute Gasteiger partial charge is 0.219 e. The van der Waals surface area contributed by atoms with Gasteiger partial charge in [0.15, 0.2) is 0 Å². The van der Waals surface area contributed by atoms with Crippen LogP contribution in [0, 0.1) is 0 Å². The van der Waals surface area contributed by atoms with E-state index in [9.17, 15) is 4.79 Å². The lowest BCUT2D eigenvalue weighted by Gasteiger charge is -2.39. The van der Waals surface area contributed by atoms with Crippen molar-refractivity contribution in [3.8, 4) is 0 Å². The summed E-state index contributed by atoms with van der Waals surface area (Å²) < 4.78 is 0. The van der Waals surface area contributed by atoms with Gasteiger partial charge in [0.1, 0.15) is 0 Å². The fourth-order valence-corrected chi connectivity index (χ4v) is 4.16. The summed E-state index contributed by atoms with van der Waals surface area (Å²) in [6, 6.07) is 10.0. The molecule has 21 heavy (non-hydrogen) atoms. The molecule has 0 spiro atoms. The summed E-state index contributed by atoms with van der Waals surface area (Å²) in [6.45, 7) is 6.19. The van der Waals surface area contributed by atoms with Crippen molar-refractivity contribution in [3.63, 3.8) is 0 Å². The van der Waals surface area contributed by atoms with Crippen LogP contribution >= 0.6 is 0 Å². The molecular formula is C18H26N2O. The van der Waals surface area contributed by atoms with E-state index in [-0.39, 0.29) is 5.91 Å². The zero-order chi connectivity index (χ0) is 15.0. The van der Waals surface area contributed by atoms with Crippen LogP contribution in [0.4, 0.5) is 5.69 Å². The molecule has 1 aromatic carbocycles. The van der Waals surface area contributed by atoms with Gasteiger partial charge < -0.3 is 10.2 Å². The van der Waals surface area contributed by atoms with Crippen LogP contribution in [0.3, 0.4) is 0 Å². The largest absolute Gasteiger partial charge is 0.382 e. The number of fused-ring (bicyclic) bond motifs is 2. The second-order valence-corrected chi connectivity index (χ2v) is 6.87. The van der Waals surface area contributed by atoms with Crippen LogP contribution in [-0.2, 0) is 4.79 Å². The summed E-state index contributed by atoms with van der Waals surface area (Å²) in [4.78, 5) is 13.9. The minimum absolute atomic E-state index is 0.253. The Balaban J connectivity index is 1.72. The Morgan fingerprint density at radius 2 is 1.81 bits per heavy atom. The van der Waals surface area contributed by atoms with Gasteiger partial charge in [0.25, 0.3) is 0 Å². The van der Waals surface area contributed by atoms with Crippen LogP contribution in [0.25, 0.3) is 0 Å². The molecule has 3 heteroatoms. The quantitative estimate of drug-likeness (QED) is 0.917.